The Hall–Kier alpha value is -2.40. The quantitative estimate of drug-likeness (QED) is 0.863. The molecule has 2 saturated heterocycles. The largest absolute Gasteiger partial charge is 0.481 e. The van der Waals surface area contributed by atoms with Gasteiger partial charge in [-0.25, -0.2) is 0 Å². The summed E-state index contributed by atoms with van der Waals surface area (Å²) in [7, 11) is 0. The summed E-state index contributed by atoms with van der Waals surface area (Å²) in [6, 6.07) is 9.09. The van der Waals surface area contributed by atoms with E-state index < -0.39 is 29.5 Å². The van der Waals surface area contributed by atoms with Gasteiger partial charge in [0.25, 0.3) is 0 Å². The summed E-state index contributed by atoms with van der Waals surface area (Å²) < 4.78 is 6.10. The van der Waals surface area contributed by atoms with E-state index in [1.54, 1.807) is 11.0 Å². The van der Waals surface area contributed by atoms with Gasteiger partial charge in [-0.15, -0.1) is 6.58 Å². The predicted octanol–water partition coefficient (Wildman–Crippen LogP) is 2.39. The van der Waals surface area contributed by atoms with Crippen LogP contribution < -0.4 is 4.90 Å². The summed E-state index contributed by atoms with van der Waals surface area (Å²) in [6.45, 7) is 5.90. The summed E-state index contributed by atoms with van der Waals surface area (Å²) in [5, 5.41) is 9.62. The van der Waals surface area contributed by atoms with Gasteiger partial charge in [0.1, 0.15) is 11.5 Å². The number of benzene rings is 1. The molecular weight excluding hydrogens is 306 g/mol. The van der Waals surface area contributed by atoms with Gasteiger partial charge < -0.3 is 14.7 Å². The number of ether oxygens (including phenoxy) is 1. The van der Waals surface area contributed by atoms with E-state index in [9.17, 15) is 14.7 Å². The number of carboxylic acids is 1. The Morgan fingerprint density at radius 2 is 2.08 bits per heavy atom. The predicted molar refractivity (Wildman–Crippen MR) is 88.5 cm³/mol. The van der Waals surface area contributed by atoms with Crippen LogP contribution in [0.1, 0.15) is 13.3 Å². The van der Waals surface area contributed by atoms with Gasteiger partial charge in [-0.3, -0.25) is 9.59 Å². The molecule has 124 valence electrons. The number of para-hydroxylation sites is 1. The van der Waals surface area contributed by atoms with Crippen LogP contribution in [0, 0.1) is 11.8 Å². The maximum absolute atomic E-state index is 13.2. The van der Waals surface area contributed by atoms with Crippen LogP contribution in [0.4, 0.5) is 5.69 Å². The molecule has 1 aromatic carbocycles. The van der Waals surface area contributed by atoms with Gasteiger partial charge in [0.2, 0.25) is 5.91 Å². The Labute approximate surface area is 140 Å². The first kappa shape index (κ1) is 15.1. The number of carbonyl (C=O) groups is 2. The van der Waals surface area contributed by atoms with Crippen LogP contribution in [0.3, 0.4) is 0 Å². The van der Waals surface area contributed by atoms with Crippen molar-refractivity contribution in [3.05, 3.63) is 54.6 Å². The number of hydrogen-bond donors (Lipinski definition) is 1. The summed E-state index contributed by atoms with van der Waals surface area (Å²) in [5.74, 6) is -2.67. The van der Waals surface area contributed by atoms with Gasteiger partial charge in [0.05, 0.1) is 18.1 Å². The zero-order valence-corrected chi connectivity index (χ0v) is 13.4. The van der Waals surface area contributed by atoms with Crippen molar-refractivity contribution in [2.75, 3.05) is 4.90 Å². The molecular formula is C19H19NO4. The summed E-state index contributed by atoms with van der Waals surface area (Å²) in [5.41, 5.74) is 0.824. The number of rotatable bonds is 4. The van der Waals surface area contributed by atoms with Gasteiger partial charge in [0, 0.05) is 5.69 Å². The Morgan fingerprint density at radius 3 is 2.71 bits per heavy atom. The lowest BCUT2D eigenvalue weighted by molar-refractivity contribution is -0.146. The van der Waals surface area contributed by atoms with E-state index in [0.717, 1.165) is 11.3 Å². The van der Waals surface area contributed by atoms with Crippen LogP contribution in [0.2, 0.25) is 0 Å². The van der Waals surface area contributed by atoms with Crippen molar-refractivity contribution in [1.82, 2.24) is 0 Å². The van der Waals surface area contributed by atoms with E-state index in [4.69, 9.17) is 4.74 Å². The number of anilines is 1. The Balaban J connectivity index is 1.85. The molecule has 1 N–H and O–H groups in total. The molecule has 1 spiro atoms. The summed E-state index contributed by atoms with van der Waals surface area (Å²) >= 11 is 0. The van der Waals surface area contributed by atoms with Crippen molar-refractivity contribution in [2.45, 2.75) is 31.1 Å². The molecule has 0 radical (unpaired) electrons. The third kappa shape index (κ3) is 1.85. The number of nitrogens with zero attached hydrogens (tertiary/aromatic N) is 1. The number of carbonyl (C=O) groups excluding carboxylic acids is 1. The van der Waals surface area contributed by atoms with E-state index in [2.05, 4.69) is 6.58 Å². The smallest absolute Gasteiger partial charge is 0.310 e. The van der Waals surface area contributed by atoms with Gasteiger partial charge in [-0.05, 0) is 25.5 Å². The first-order valence-corrected chi connectivity index (χ1v) is 8.08. The molecule has 2 fully saturated rings. The van der Waals surface area contributed by atoms with Crippen LogP contribution in [0.5, 0.6) is 0 Å². The van der Waals surface area contributed by atoms with Crippen molar-refractivity contribution in [3.8, 4) is 0 Å². The molecule has 1 aromatic rings. The third-order valence-electron chi connectivity index (χ3n) is 5.28. The molecule has 0 unspecified atom stereocenters. The monoisotopic (exact) mass is 325 g/mol. The van der Waals surface area contributed by atoms with Gasteiger partial charge in [-0.2, -0.15) is 0 Å². The van der Waals surface area contributed by atoms with Crippen LogP contribution in [0.25, 0.3) is 0 Å². The molecule has 3 aliphatic heterocycles. The van der Waals surface area contributed by atoms with Crippen molar-refractivity contribution in [2.24, 2.45) is 11.8 Å². The Morgan fingerprint density at radius 1 is 1.38 bits per heavy atom. The molecule has 4 rings (SSSR count). The highest BCUT2D eigenvalue weighted by molar-refractivity contribution is 6.03. The van der Waals surface area contributed by atoms with Crippen molar-refractivity contribution < 1.29 is 19.4 Å². The summed E-state index contributed by atoms with van der Waals surface area (Å²) in [6.07, 6.45) is 3.74. The Bertz CT molecular complexity index is 756. The average Bonchev–Trinajstić information content (AvgIpc) is 3.17. The van der Waals surface area contributed by atoms with Crippen LogP contribution in [-0.4, -0.2) is 34.7 Å². The van der Waals surface area contributed by atoms with Crippen LogP contribution >= 0.6 is 0 Å². The molecule has 3 aliphatic rings. The lowest BCUT2D eigenvalue weighted by Gasteiger charge is -2.33. The lowest BCUT2D eigenvalue weighted by atomic mass is 9.74. The minimum absolute atomic E-state index is 0.174. The molecule has 2 bridgehead atoms. The van der Waals surface area contributed by atoms with Crippen LogP contribution in [0.15, 0.2) is 54.6 Å². The second kappa shape index (κ2) is 5.05. The number of carboxylic acid groups (broad SMARTS) is 1. The topological polar surface area (TPSA) is 66.8 Å². The molecule has 3 heterocycles. The maximum Gasteiger partial charge on any atom is 0.310 e. The third-order valence-corrected chi connectivity index (χ3v) is 5.28. The number of fused-ring (bicyclic) bond motifs is 1. The molecule has 5 heteroatoms. The van der Waals surface area contributed by atoms with E-state index in [1.807, 2.05) is 43.3 Å². The highest BCUT2D eigenvalue weighted by atomic mass is 16.5. The highest BCUT2D eigenvalue weighted by Crippen LogP contribution is 2.56. The standard InChI is InChI=1S/C19H19NO4/c1-11(2)10-14-19-9-8-13(24-19)15(18(22)23)16(19)17(21)20(14)12-6-4-3-5-7-12/h3-9,13-16H,1,10H2,2H3,(H,22,23)/t13-,14+,15+,16+,19-/m1/s1. The fourth-order valence-electron chi connectivity index (χ4n) is 4.41. The highest BCUT2D eigenvalue weighted by Gasteiger charge is 2.71. The average molecular weight is 325 g/mol. The lowest BCUT2D eigenvalue weighted by Crippen LogP contribution is -2.45. The zero-order valence-electron chi connectivity index (χ0n) is 13.4. The SMILES string of the molecule is C=C(C)C[C@@H]1N(c2ccccc2)C(=O)[C@@H]2[C@@H](C(=O)O)[C@H]3C=C[C@]21O3. The van der Waals surface area contributed by atoms with E-state index in [-0.39, 0.29) is 11.9 Å². The second-order valence-corrected chi connectivity index (χ2v) is 6.86. The van der Waals surface area contributed by atoms with E-state index in [1.165, 1.54) is 0 Å². The fraction of sp³-hybridized carbons (Fsp3) is 0.368. The summed E-state index contributed by atoms with van der Waals surface area (Å²) in [4.78, 5) is 26.7. The number of hydrogen-bond acceptors (Lipinski definition) is 3. The van der Waals surface area contributed by atoms with Crippen molar-refractivity contribution >= 4 is 17.6 Å². The van der Waals surface area contributed by atoms with Crippen molar-refractivity contribution in [3.63, 3.8) is 0 Å². The van der Waals surface area contributed by atoms with Gasteiger partial charge in [-0.1, -0.05) is 35.9 Å². The Kier molecular flexibility index (Phi) is 3.18. The van der Waals surface area contributed by atoms with Crippen molar-refractivity contribution in [1.29, 1.82) is 0 Å². The molecule has 0 aromatic heterocycles. The van der Waals surface area contributed by atoms with Crippen LogP contribution in [-0.2, 0) is 14.3 Å². The molecule has 5 nitrogen and oxygen atoms in total. The van der Waals surface area contributed by atoms with E-state index in [0.29, 0.717) is 6.42 Å². The zero-order chi connectivity index (χ0) is 17.1. The first-order valence-electron chi connectivity index (χ1n) is 8.08. The minimum atomic E-state index is -0.978. The normalized spacial score (nSPS) is 36.2. The molecule has 0 aliphatic carbocycles. The minimum Gasteiger partial charge on any atom is -0.481 e. The molecule has 5 atom stereocenters. The van der Waals surface area contributed by atoms with Gasteiger partial charge >= 0.3 is 5.97 Å². The number of aliphatic carboxylic acids is 1. The fourth-order valence-corrected chi connectivity index (χ4v) is 4.41. The maximum atomic E-state index is 13.2. The second-order valence-electron chi connectivity index (χ2n) is 6.86. The van der Waals surface area contributed by atoms with E-state index >= 15 is 0 Å². The molecule has 1 amide bonds. The molecule has 24 heavy (non-hydrogen) atoms. The van der Waals surface area contributed by atoms with Gasteiger partial charge in [0.15, 0.2) is 0 Å². The number of amides is 1. The molecule has 0 saturated carbocycles. The first-order chi connectivity index (χ1) is 11.5.